The van der Waals surface area contributed by atoms with Gasteiger partial charge in [0.15, 0.2) is 0 Å². The molecule has 5 aliphatic rings. The topological polar surface area (TPSA) is 6.48 Å². The molecule has 71 heavy (non-hydrogen) atoms. The van der Waals surface area contributed by atoms with Crippen molar-refractivity contribution in [1.82, 2.24) is 0 Å². The average molecular weight is 955 g/mol. The van der Waals surface area contributed by atoms with Gasteiger partial charge in [0.25, 0.3) is 6.71 Å². The summed E-state index contributed by atoms with van der Waals surface area (Å²) in [6.45, 7) is 44.8. The summed E-state index contributed by atoms with van der Waals surface area (Å²) in [6.07, 6.45) is 7.11. The molecule has 4 heteroatoms. The molecule has 0 amide bonds. The minimum atomic E-state index is -1.69. The van der Waals surface area contributed by atoms with Crippen molar-refractivity contribution in [2.24, 2.45) is 0 Å². The Morgan fingerprint density at radius 1 is 0.423 bits per heavy atom. The van der Waals surface area contributed by atoms with E-state index >= 15 is 0 Å². The predicted molar refractivity (Wildman–Crippen MR) is 313 cm³/mol. The van der Waals surface area contributed by atoms with Crippen LogP contribution < -0.4 is 31.4 Å². The molecule has 0 bridgehead atoms. The van der Waals surface area contributed by atoms with Crippen LogP contribution in [0.4, 0.5) is 34.1 Å². The van der Waals surface area contributed by atoms with E-state index in [9.17, 15) is 0 Å². The van der Waals surface area contributed by atoms with Crippen LogP contribution in [0, 0.1) is 0 Å². The van der Waals surface area contributed by atoms with E-state index in [4.69, 9.17) is 0 Å². The van der Waals surface area contributed by atoms with E-state index in [1.165, 1.54) is 144 Å². The Morgan fingerprint density at radius 2 is 0.859 bits per heavy atom. The highest BCUT2D eigenvalue weighted by Gasteiger charge is 2.50. The molecule has 0 aromatic heterocycles. The monoisotopic (exact) mass is 955 g/mol. The van der Waals surface area contributed by atoms with Crippen molar-refractivity contribution in [1.29, 1.82) is 0 Å². The second kappa shape index (κ2) is 15.4. The van der Waals surface area contributed by atoms with Crippen LogP contribution in [0.1, 0.15) is 181 Å². The molecule has 368 valence electrons. The van der Waals surface area contributed by atoms with E-state index in [2.05, 4.69) is 236 Å². The SMILES string of the molecule is CC(C)(C)c1cc2c3c(c1)N(c1ccc([Si](C)(C)C)cc1-c1ccccc1)c1cc4c(cc1B3c1cc3c(cc1N2c1ccc2c(c1)C(C)(C)CCC2(C)C)C(C)(C)CCC3(C)C)C(C)(C)CCC4(C)C. The minimum absolute atomic E-state index is 0.0400. The maximum absolute atomic E-state index is 2.77. The van der Waals surface area contributed by atoms with Gasteiger partial charge in [-0.25, -0.2) is 0 Å². The fraction of sp³-hybridized carbons (Fsp3) is 0.463. The standard InChI is InChI=1S/C67H83BN2Si/c1-61(2,3)43-34-58-60-59(35-43)70(55-27-25-45(71(16,17)18)37-46(55)42-22-20-19-21-23-42)57-41-52-50(65(10,11)31-33-67(52,14)15)39-54(57)68(60)53-38-49-51(66(12,13)32-30-64(49,8)9)40-56(53)69(58)44-24-26-47-48(36-44)63(6,7)29-28-62(47,4)5/h19-27,34-41H,28-33H2,1-18H3. The molecule has 0 unspecified atom stereocenters. The second-order valence-electron chi connectivity index (χ2n) is 29.1. The molecule has 0 spiro atoms. The lowest BCUT2D eigenvalue weighted by Crippen LogP contribution is -2.62. The summed E-state index contributed by atoms with van der Waals surface area (Å²) in [6, 6.07) is 42.6. The van der Waals surface area contributed by atoms with Gasteiger partial charge in [0, 0.05) is 34.0 Å². The highest BCUT2D eigenvalue weighted by atomic mass is 28.3. The largest absolute Gasteiger partial charge is 0.311 e. The maximum Gasteiger partial charge on any atom is 0.252 e. The van der Waals surface area contributed by atoms with E-state index in [0.29, 0.717) is 0 Å². The number of hydrogen-bond acceptors (Lipinski definition) is 2. The number of rotatable bonds is 4. The molecule has 2 aliphatic heterocycles. The normalized spacial score (nSPS) is 20.5. The molecule has 2 heterocycles. The van der Waals surface area contributed by atoms with Crippen LogP contribution in [0.2, 0.25) is 19.6 Å². The number of fused-ring (bicyclic) bond motifs is 7. The van der Waals surface area contributed by atoms with Gasteiger partial charge in [-0.1, -0.05) is 189 Å². The zero-order chi connectivity index (χ0) is 51.0. The first kappa shape index (κ1) is 48.5. The number of hydrogen-bond donors (Lipinski definition) is 0. The van der Waals surface area contributed by atoms with Crippen LogP contribution in [0.3, 0.4) is 0 Å². The fourth-order valence-corrected chi connectivity index (χ4v) is 15.0. The van der Waals surface area contributed by atoms with Crippen molar-refractivity contribution in [3.05, 3.63) is 142 Å². The van der Waals surface area contributed by atoms with Gasteiger partial charge < -0.3 is 9.80 Å². The molecule has 0 N–H and O–H groups in total. The molecular weight excluding hydrogens is 872 g/mol. The summed E-state index contributed by atoms with van der Waals surface area (Å²) in [7, 11) is -1.69. The Kier molecular flexibility index (Phi) is 10.5. The van der Waals surface area contributed by atoms with Crippen molar-refractivity contribution >= 4 is 70.5 Å². The molecule has 11 rings (SSSR count). The Balaban J connectivity index is 1.32. The zero-order valence-corrected chi connectivity index (χ0v) is 48.0. The average Bonchev–Trinajstić information content (AvgIpc) is 3.29. The summed E-state index contributed by atoms with van der Waals surface area (Å²) in [5, 5.41) is 1.49. The summed E-state index contributed by atoms with van der Waals surface area (Å²) in [4.78, 5) is 5.53. The van der Waals surface area contributed by atoms with Crippen LogP contribution >= 0.6 is 0 Å². The van der Waals surface area contributed by atoms with Gasteiger partial charge in [-0.05, 0) is 180 Å². The third kappa shape index (κ3) is 7.51. The predicted octanol–water partition coefficient (Wildman–Crippen LogP) is 16.3. The second-order valence-corrected chi connectivity index (χ2v) is 34.2. The third-order valence-corrected chi connectivity index (χ3v) is 21.2. The van der Waals surface area contributed by atoms with Crippen LogP contribution in [0.25, 0.3) is 11.1 Å². The van der Waals surface area contributed by atoms with E-state index in [1.807, 2.05) is 0 Å². The van der Waals surface area contributed by atoms with Crippen LogP contribution in [0.5, 0.6) is 0 Å². The molecule has 0 radical (unpaired) electrons. The summed E-state index contributed by atoms with van der Waals surface area (Å²) >= 11 is 0. The number of benzene rings is 6. The van der Waals surface area contributed by atoms with Crippen molar-refractivity contribution in [2.75, 3.05) is 9.80 Å². The van der Waals surface area contributed by atoms with Gasteiger partial charge in [0.2, 0.25) is 0 Å². The Morgan fingerprint density at radius 3 is 1.34 bits per heavy atom. The molecule has 6 aromatic rings. The lowest BCUT2D eigenvalue weighted by atomic mass is 9.32. The third-order valence-electron chi connectivity index (χ3n) is 19.2. The molecule has 0 fully saturated rings. The lowest BCUT2D eigenvalue weighted by Gasteiger charge is -2.49. The summed E-state index contributed by atoms with van der Waals surface area (Å²) in [5.41, 5.74) is 25.6. The van der Waals surface area contributed by atoms with Crippen molar-refractivity contribution < 1.29 is 0 Å². The first-order valence-electron chi connectivity index (χ1n) is 27.4. The van der Waals surface area contributed by atoms with E-state index in [0.717, 1.165) is 0 Å². The smallest absolute Gasteiger partial charge is 0.252 e. The first-order valence-corrected chi connectivity index (χ1v) is 30.9. The molecule has 0 atom stereocenters. The van der Waals surface area contributed by atoms with Crippen LogP contribution in [-0.4, -0.2) is 14.8 Å². The van der Waals surface area contributed by atoms with Gasteiger partial charge in [-0.15, -0.1) is 0 Å². The van der Waals surface area contributed by atoms with Gasteiger partial charge >= 0.3 is 0 Å². The number of nitrogens with zero attached hydrogens (tertiary/aromatic N) is 2. The van der Waals surface area contributed by atoms with Crippen molar-refractivity contribution in [2.45, 2.75) is 200 Å². The van der Waals surface area contributed by atoms with Crippen molar-refractivity contribution in [3.63, 3.8) is 0 Å². The molecule has 0 saturated heterocycles. The quantitative estimate of drug-likeness (QED) is 0.162. The Labute approximate surface area is 431 Å². The Bertz CT molecular complexity index is 3180. The minimum Gasteiger partial charge on any atom is -0.311 e. The molecule has 6 aromatic carbocycles. The fourth-order valence-electron chi connectivity index (χ4n) is 13.8. The first-order chi connectivity index (χ1) is 32.9. The van der Waals surface area contributed by atoms with Gasteiger partial charge in [0.05, 0.1) is 13.8 Å². The lowest BCUT2D eigenvalue weighted by molar-refractivity contribution is 0.332. The van der Waals surface area contributed by atoms with Crippen LogP contribution in [0.15, 0.2) is 103 Å². The van der Waals surface area contributed by atoms with Crippen molar-refractivity contribution in [3.8, 4) is 11.1 Å². The summed E-state index contributed by atoms with van der Waals surface area (Å²) in [5.74, 6) is 0. The Hall–Kier alpha value is -4.80. The highest BCUT2D eigenvalue weighted by molar-refractivity contribution is 7.00. The van der Waals surface area contributed by atoms with E-state index < -0.39 is 8.07 Å². The summed E-state index contributed by atoms with van der Waals surface area (Å²) < 4.78 is 0. The highest BCUT2D eigenvalue weighted by Crippen LogP contribution is 2.55. The van der Waals surface area contributed by atoms with Gasteiger partial charge in [0.1, 0.15) is 0 Å². The number of anilines is 6. The van der Waals surface area contributed by atoms with Gasteiger partial charge in [-0.2, -0.15) is 0 Å². The molecular formula is C67H83BN2Si. The van der Waals surface area contributed by atoms with Gasteiger partial charge in [-0.3, -0.25) is 0 Å². The van der Waals surface area contributed by atoms with Crippen LogP contribution in [-0.2, 0) is 37.9 Å². The van der Waals surface area contributed by atoms with E-state index in [1.54, 1.807) is 0 Å². The van der Waals surface area contributed by atoms with E-state index in [-0.39, 0.29) is 44.6 Å². The molecule has 3 aliphatic carbocycles. The molecule has 2 nitrogen and oxygen atoms in total. The zero-order valence-electron chi connectivity index (χ0n) is 47.0. The maximum atomic E-state index is 2.77. The molecule has 0 saturated carbocycles.